The highest BCUT2D eigenvalue weighted by molar-refractivity contribution is 8.04. The molecule has 0 atom stereocenters. The molecule has 206 valence electrons. The number of rotatable bonds is 2. The van der Waals surface area contributed by atoms with Crippen LogP contribution in [0.2, 0.25) is 0 Å². The Morgan fingerprint density at radius 3 is 1.66 bits per heavy atom. The topological polar surface area (TPSA) is 176 Å². The Labute approximate surface area is 230 Å². The molecule has 2 aromatic rings. The van der Waals surface area contributed by atoms with Crippen LogP contribution in [0.15, 0.2) is 61.0 Å². The molecule has 38 heavy (non-hydrogen) atoms. The van der Waals surface area contributed by atoms with Crippen molar-refractivity contribution in [3.8, 4) is 0 Å². The van der Waals surface area contributed by atoms with Gasteiger partial charge in [-0.25, -0.2) is 21.6 Å². The third kappa shape index (κ3) is 6.90. The van der Waals surface area contributed by atoms with Crippen LogP contribution in [0, 0.1) is 0 Å². The number of sulfone groups is 2. The molecule has 1 amide bonds. The van der Waals surface area contributed by atoms with Gasteiger partial charge in [0.05, 0.1) is 34.0 Å². The average molecular weight is 600 g/mol. The van der Waals surface area contributed by atoms with Gasteiger partial charge in [-0.2, -0.15) is 4.99 Å². The lowest BCUT2D eigenvalue weighted by atomic mass is 10.2. The van der Waals surface area contributed by atoms with Gasteiger partial charge in [-0.1, -0.05) is 0 Å². The van der Waals surface area contributed by atoms with Gasteiger partial charge in [0.2, 0.25) is 0 Å². The minimum atomic E-state index is -3.42. The minimum Gasteiger partial charge on any atom is -0.465 e. The van der Waals surface area contributed by atoms with E-state index in [2.05, 4.69) is 9.73 Å². The number of carbonyl (C=O) groups is 2. The second-order valence-electron chi connectivity index (χ2n) is 9.90. The number of guanidine groups is 1. The smallest absolute Gasteiger partial charge is 0.337 e. The molecule has 2 heterocycles. The highest BCUT2D eigenvalue weighted by atomic mass is 32.2. The normalized spacial score (nSPS) is 19.4. The van der Waals surface area contributed by atoms with E-state index in [0.717, 1.165) is 0 Å². The third-order valence-electron chi connectivity index (χ3n) is 5.30. The first-order valence-corrected chi connectivity index (χ1v) is 16.1. The summed E-state index contributed by atoms with van der Waals surface area (Å²) in [5, 5.41) is 0. The van der Waals surface area contributed by atoms with Gasteiger partial charge in [-0.15, -0.1) is 23.5 Å². The molecule has 0 fully saturated rings. The number of carbonyl (C=O) groups excluding carboxylic acids is 2. The van der Waals surface area contributed by atoms with Crippen LogP contribution >= 0.6 is 23.5 Å². The molecule has 4 rings (SSSR count). The van der Waals surface area contributed by atoms with Gasteiger partial charge in [-0.05, 0) is 64.1 Å². The molecule has 10 nitrogen and oxygen atoms in total. The number of methoxy groups -OCH3 is 1. The molecule has 2 aliphatic rings. The molecule has 14 heteroatoms. The van der Waals surface area contributed by atoms with Crippen molar-refractivity contribution in [3.63, 3.8) is 0 Å². The average Bonchev–Trinajstić information content (AvgIpc) is 2.75. The molecule has 0 saturated heterocycles. The highest BCUT2D eigenvalue weighted by Crippen LogP contribution is 2.44. The summed E-state index contributed by atoms with van der Waals surface area (Å²) in [7, 11) is -5.49. The van der Waals surface area contributed by atoms with Crippen LogP contribution in [0.4, 0.5) is 0 Å². The lowest BCUT2D eigenvalue weighted by Crippen LogP contribution is -2.31. The quantitative estimate of drug-likeness (QED) is 0.295. The summed E-state index contributed by atoms with van der Waals surface area (Å²) in [4.78, 5) is 28.3. The molecule has 0 bridgehead atoms. The third-order valence-corrected chi connectivity index (χ3v) is 12.7. The maximum Gasteiger partial charge on any atom is 0.337 e. The maximum atomic E-state index is 12.3. The first-order chi connectivity index (χ1) is 17.4. The molecular formula is C24H29N3O7S4. The Morgan fingerprint density at radius 2 is 1.24 bits per heavy atom. The van der Waals surface area contributed by atoms with Gasteiger partial charge < -0.3 is 16.2 Å². The number of amides is 1. The fourth-order valence-corrected chi connectivity index (χ4v) is 11.7. The summed E-state index contributed by atoms with van der Waals surface area (Å²) in [5.41, 5.74) is 10.7. The highest BCUT2D eigenvalue weighted by Gasteiger charge is 2.37. The second kappa shape index (κ2) is 10.5. The molecule has 2 aromatic carbocycles. The lowest BCUT2D eigenvalue weighted by molar-refractivity contribution is 0.0600. The number of hydrogen-bond acceptors (Lipinski definition) is 9. The van der Waals surface area contributed by atoms with Gasteiger partial charge in [0.1, 0.15) is 0 Å². The van der Waals surface area contributed by atoms with Gasteiger partial charge in [-0.3, -0.25) is 4.79 Å². The monoisotopic (exact) mass is 599 g/mol. The Morgan fingerprint density at radius 1 is 0.816 bits per heavy atom. The number of nitrogens with two attached hydrogens (primary N) is 2. The van der Waals surface area contributed by atoms with Crippen LogP contribution in [0.1, 0.15) is 48.4 Å². The van der Waals surface area contributed by atoms with E-state index in [9.17, 15) is 26.4 Å². The van der Waals surface area contributed by atoms with E-state index in [1.807, 2.05) is 27.7 Å². The summed E-state index contributed by atoms with van der Waals surface area (Å²) < 4.78 is 52.8. The van der Waals surface area contributed by atoms with E-state index >= 15 is 0 Å². The molecule has 2 aliphatic heterocycles. The van der Waals surface area contributed by atoms with Gasteiger partial charge in [0, 0.05) is 24.8 Å². The van der Waals surface area contributed by atoms with Crippen LogP contribution in [-0.2, 0) is 24.4 Å². The number of fused-ring (bicyclic) bond motifs is 2. The van der Waals surface area contributed by atoms with E-state index in [1.54, 1.807) is 18.2 Å². The van der Waals surface area contributed by atoms with Crippen molar-refractivity contribution in [2.75, 3.05) is 18.6 Å². The zero-order valence-electron chi connectivity index (χ0n) is 21.5. The van der Waals surface area contributed by atoms with E-state index in [-0.39, 0.29) is 43.1 Å². The standard InChI is InChI=1S/C12H15N3O3S2.C12H14O4S2/c1-12(2)6-20(17,18)9-5-7(3-4-8(9)19-12)10(16)15-11(13)14;1-12(2)7-18(14,15)10-6-8(11(13)16-3)4-5-9(10)17-12/h3-5H,6H2,1-2H3,(H4,13,14,15,16);4-6H,7H2,1-3H3. The van der Waals surface area contributed by atoms with Crippen LogP contribution in [0.25, 0.3) is 0 Å². The van der Waals surface area contributed by atoms with Crippen molar-refractivity contribution < 1.29 is 31.2 Å². The van der Waals surface area contributed by atoms with Crippen LogP contribution in [0.5, 0.6) is 0 Å². The fraction of sp³-hybridized carbons (Fsp3) is 0.375. The van der Waals surface area contributed by atoms with Gasteiger partial charge >= 0.3 is 5.97 Å². The SMILES string of the molecule is CC1(C)CS(=O)(=O)c2cc(C(=O)N=C(N)N)ccc2S1.COC(=O)c1ccc2c(c1)S(=O)(=O)CC(C)(C)S2. The summed E-state index contributed by atoms with van der Waals surface area (Å²) in [6, 6.07) is 9.14. The minimum absolute atomic E-state index is 0.0254. The predicted molar refractivity (Wildman–Crippen MR) is 148 cm³/mol. The van der Waals surface area contributed by atoms with Crippen molar-refractivity contribution in [3.05, 3.63) is 47.5 Å². The summed E-state index contributed by atoms with van der Waals surface area (Å²) in [6.07, 6.45) is 0. The van der Waals surface area contributed by atoms with Crippen LogP contribution in [0.3, 0.4) is 0 Å². The fourth-order valence-electron chi connectivity index (χ4n) is 3.96. The van der Waals surface area contributed by atoms with Crippen molar-refractivity contribution in [2.45, 2.75) is 56.8 Å². The number of nitrogens with zero attached hydrogens (tertiary/aromatic N) is 1. The number of thioether (sulfide) groups is 2. The first-order valence-electron chi connectivity index (χ1n) is 11.2. The van der Waals surface area contributed by atoms with Gasteiger partial charge in [0.25, 0.3) is 5.91 Å². The molecular weight excluding hydrogens is 571 g/mol. The maximum absolute atomic E-state index is 12.3. The summed E-state index contributed by atoms with van der Waals surface area (Å²) in [6.45, 7) is 7.53. The van der Waals surface area contributed by atoms with E-state index in [4.69, 9.17) is 11.5 Å². The molecule has 0 spiro atoms. The number of hydrogen-bond donors (Lipinski definition) is 2. The zero-order chi connectivity index (χ0) is 28.7. The zero-order valence-corrected chi connectivity index (χ0v) is 24.7. The number of benzene rings is 2. The van der Waals surface area contributed by atoms with Crippen molar-refractivity contribution in [1.29, 1.82) is 0 Å². The Bertz CT molecular complexity index is 1540. The largest absolute Gasteiger partial charge is 0.465 e. The molecule has 0 aliphatic carbocycles. The Balaban J connectivity index is 0.000000212. The molecule has 0 unspecified atom stereocenters. The first kappa shape index (κ1) is 30.0. The number of esters is 1. The molecule has 4 N–H and O–H groups in total. The van der Waals surface area contributed by atoms with E-state index in [1.165, 1.54) is 48.8 Å². The van der Waals surface area contributed by atoms with Crippen molar-refractivity contribution in [2.24, 2.45) is 16.5 Å². The Hall–Kier alpha value is -2.55. The number of ether oxygens (including phenoxy) is 1. The molecule has 0 aromatic heterocycles. The van der Waals surface area contributed by atoms with Gasteiger partial charge in [0.15, 0.2) is 25.6 Å². The Kier molecular flexibility index (Phi) is 8.33. The van der Waals surface area contributed by atoms with Crippen LogP contribution < -0.4 is 11.5 Å². The molecule has 0 radical (unpaired) electrons. The molecule has 0 saturated carbocycles. The van der Waals surface area contributed by atoms with Crippen molar-refractivity contribution in [1.82, 2.24) is 0 Å². The van der Waals surface area contributed by atoms with E-state index < -0.39 is 36.3 Å². The van der Waals surface area contributed by atoms with Crippen molar-refractivity contribution >= 4 is 61.0 Å². The lowest BCUT2D eigenvalue weighted by Gasteiger charge is -2.30. The summed E-state index contributed by atoms with van der Waals surface area (Å²) in [5.74, 6) is -1.44. The second-order valence-corrected chi connectivity index (χ2v) is 17.3. The number of aliphatic imine (C=N–C) groups is 1. The van der Waals surface area contributed by atoms with E-state index in [0.29, 0.717) is 9.79 Å². The predicted octanol–water partition coefficient (Wildman–Crippen LogP) is 2.89. The van der Waals surface area contributed by atoms with Crippen LogP contribution in [-0.4, -0.2) is 62.8 Å². The summed E-state index contributed by atoms with van der Waals surface area (Å²) >= 11 is 2.99.